The highest BCUT2D eigenvalue weighted by Crippen LogP contribution is 2.31. The first-order valence-corrected chi connectivity index (χ1v) is 5.18. The Morgan fingerprint density at radius 3 is 2.20 bits per heavy atom. The van der Waals surface area contributed by atoms with Crippen molar-refractivity contribution < 1.29 is 9.90 Å². The van der Waals surface area contributed by atoms with Gasteiger partial charge in [0, 0.05) is 0 Å². The number of carboxylic acid groups (broad SMARTS) is 1. The van der Waals surface area contributed by atoms with Crippen LogP contribution in [0, 0.1) is 5.41 Å². The van der Waals surface area contributed by atoms with Crippen LogP contribution in [0.2, 0.25) is 0 Å². The summed E-state index contributed by atoms with van der Waals surface area (Å²) in [4.78, 5) is 11.2. The van der Waals surface area contributed by atoms with Crippen molar-refractivity contribution in [2.24, 2.45) is 5.41 Å². The van der Waals surface area contributed by atoms with Crippen molar-refractivity contribution in [2.75, 3.05) is 0 Å². The Labute approximate surface area is 90.9 Å². The lowest BCUT2D eigenvalue weighted by molar-refractivity contribution is -0.139. The molecule has 0 aliphatic carbocycles. The van der Waals surface area contributed by atoms with Crippen LogP contribution in [-0.2, 0) is 4.79 Å². The molecule has 0 heterocycles. The summed E-state index contributed by atoms with van der Waals surface area (Å²) in [6.45, 7) is 6.18. The van der Waals surface area contributed by atoms with Crippen LogP contribution < -0.4 is 0 Å². The SMILES string of the molecule is CC(C)(C)C[C@@H](C(=O)O)c1ccccc1. The smallest absolute Gasteiger partial charge is 0.310 e. The summed E-state index contributed by atoms with van der Waals surface area (Å²) in [7, 11) is 0. The second-order valence-electron chi connectivity index (χ2n) is 5.07. The third-order valence-corrected chi connectivity index (χ3v) is 2.32. The summed E-state index contributed by atoms with van der Waals surface area (Å²) in [5.41, 5.74) is 0.916. The van der Waals surface area contributed by atoms with Crippen LogP contribution in [-0.4, -0.2) is 11.1 Å². The lowest BCUT2D eigenvalue weighted by atomic mass is 9.81. The molecule has 0 radical (unpaired) electrons. The predicted molar refractivity (Wildman–Crippen MR) is 60.9 cm³/mol. The van der Waals surface area contributed by atoms with Gasteiger partial charge in [0.25, 0.3) is 0 Å². The van der Waals surface area contributed by atoms with Crippen LogP contribution in [0.5, 0.6) is 0 Å². The third-order valence-electron chi connectivity index (χ3n) is 2.32. The molecule has 1 N–H and O–H groups in total. The number of rotatable bonds is 3. The van der Waals surface area contributed by atoms with Crippen molar-refractivity contribution in [3.63, 3.8) is 0 Å². The summed E-state index contributed by atoms with van der Waals surface area (Å²) in [5.74, 6) is -1.14. The maximum atomic E-state index is 11.2. The van der Waals surface area contributed by atoms with E-state index in [0.717, 1.165) is 5.56 Å². The van der Waals surface area contributed by atoms with Crippen molar-refractivity contribution >= 4 is 5.97 Å². The van der Waals surface area contributed by atoms with Crippen LogP contribution >= 0.6 is 0 Å². The second kappa shape index (κ2) is 4.47. The molecule has 2 heteroatoms. The number of hydrogen-bond acceptors (Lipinski definition) is 1. The first-order chi connectivity index (χ1) is 6.90. The number of aliphatic carboxylic acids is 1. The summed E-state index contributed by atoms with van der Waals surface area (Å²) < 4.78 is 0. The van der Waals surface area contributed by atoms with E-state index < -0.39 is 11.9 Å². The molecule has 0 saturated heterocycles. The third kappa shape index (κ3) is 3.74. The number of benzene rings is 1. The summed E-state index contributed by atoms with van der Waals surface area (Å²) in [5, 5.41) is 9.19. The highest BCUT2D eigenvalue weighted by Gasteiger charge is 2.25. The fraction of sp³-hybridized carbons (Fsp3) is 0.462. The molecule has 0 fully saturated rings. The van der Waals surface area contributed by atoms with Gasteiger partial charge >= 0.3 is 5.97 Å². The van der Waals surface area contributed by atoms with E-state index in [1.165, 1.54) is 0 Å². The molecular weight excluding hydrogens is 188 g/mol. The molecule has 1 aromatic rings. The lowest BCUT2D eigenvalue weighted by Gasteiger charge is -2.23. The van der Waals surface area contributed by atoms with Crippen molar-refractivity contribution in [3.8, 4) is 0 Å². The molecule has 0 bridgehead atoms. The molecule has 0 saturated carbocycles. The molecule has 0 aromatic heterocycles. The fourth-order valence-electron chi connectivity index (χ4n) is 1.65. The maximum absolute atomic E-state index is 11.2. The van der Waals surface area contributed by atoms with E-state index in [1.54, 1.807) is 0 Å². The largest absolute Gasteiger partial charge is 0.481 e. The van der Waals surface area contributed by atoms with E-state index in [9.17, 15) is 9.90 Å². The van der Waals surface area contributed by atoms with Gasteiger partial charge in [-0.25, -0.2) is 0 Å². The molecule has 2 nitrogen and oxygen atoms in total. The van der Waals surface area contributed by atoms with Crippen LogP contribution in [0.3, 0.4) is 0 Å². The van der Waals surface area contributed by atoms with Gasteiger partial charge in [-0.15, -0.1) is 0 Å². The van der Waals surface area contributed by atoms with Gasteiger partial charge in [-0.1, -0.05) is 51.1 Å². The molecule has 15 heavy (non-hydrogen) atoms. The molecule has 0 amide bonds. The van der Waals surface area contributed by atoms with E-state index in [1.807, 2.05) is 30.3 Å². The molecule has 82 valence electrons. The maximum Gasteiger partial charge on any atom is 0.310 e. The summed E-state index contributed by atoms with van der Waals surface area (Å²) >= 11 is 0. The zero-order valence-electron chi connectivity index (χ0n) is 9.53. The average Bonchev–Trinajstić information content (AvgIpc) is 2.14. The van der Waals surface area contributed by atoms with Gasteiger partial charge in [0.05, 0.1) is 5.92 Å². The Hall–Kier alpha value is -1.31. The number of carboxylic acids is 1. The minimum absolute atomic E-state index is 0.0267. The number of hydrogen-bond donors (Lipinski definition) is 1. The minimum atomic E-state index is -0.740. The second-order valence-corrected chi connectivity index (χ2v) is 5.07. The molecule has 0 aliphatic rings. The quantitative estimate of drug-likeness (QED) is 0.824. The molecule has 1 aromatic carbocycles. The average molecular weight is 206 g/mol. The van der Waals surface area contributed by atoms with Gasteiger partial charge in [0.1, 0.15) is 0 Å². The van der Waals surface area contributed by atoms with Crippen molar-refractivity contribution in [2.45, 2.75) is 33.1 Å². The topological polar surface area (TPSA) is 37.3 Å². The molecule has 1 rings (SSSR count). The van der Waals surface area contributed by atoms with Crippen LogP contribution in [0.4, 0.5) is 0 Å². The fourth-order valence-corrected chi connectivity index (χ4v) is 1.65. The van der Waals surface area contributed by atoms with Crippen molar-refractivity contribution in [1.29, 1.82) is 0 Å². The highest BCUT2D eigenvalue weighted by molar-refractivity contribution is 5.76. The monoisotopic (exact) mass is 206 g/mol. The zero-order valence-corrected chi connectivity index (χ0v) is 9.53. The van der Waals surface area contributed by atoms with Gasteiger partial charge in [-0.2, -0.15) is 0 Å². The van der Waals surface area contributed by atoms with Gasteiger partial charge in [0.15, 0.2) is 0 Å². The van der Waals surface area contributed by atoms with Gasteiger partial charge in [-0.3, -0.25) is 4.79 Å². The van der Waals surface area contributed by atoms with E-state index in [0.29, 0.717) is 6.42 Å². The van der Waals surface area contributed by atoms with Crippen LogP contribution in [0.1, 0.15) is 38.7 Å². The van der Waals surface area contributed by atoms with Gasteiger partial charge in [-0.05, 0) is 17.4 Å². The van der Waals surface area contributed by atoms with E-state index in [2.05, 4.69) is 20.8 Å². The molecule has 1 atom stereocenters. The molecule has 0 spiro atoms. The zero-order chi connectivity index (χ0) is 11.5. The van der Waals surface area contributed by atoms with E-state index in [-0.39, 0.29) is 5.41 Å². The predicted octanol–water partition coefficient (Wildman–Crippen LogP) is 3.29. The summed E-state index contributed by atoms with van der Waals surface area (Å²) in [6, 6.07) is 9.43. The Balaban J connectivity index is 2.90. The van der Waals surface area contributed by atoms with Crippen LogP contribution in [0.15, 0.2) is 30.3 Å². The Kier molecular flexibility index (Phi) is 3.51. The first-order valence-electron chi connectivity index (χ1n) is 5.18. The Bertz CT molecular complexity index is 322. The lowest BCUT2D eigenvalue weighted by Crippen LogP contribution is -2.19. The molecular formula is C13H18O2. The normalized spacial score (nSPS) is 13.5. The van der Waals surface area contributed by atoms with Gasteiger partial charge in [0.2, 0.25) is 0 Å². The molecule has 0 unspecified atom stereocenters. The standard InChI is InChI=1S/C13H18O2/c1-13(2,3)9-11(12(14)15)10-7-5-4-6-8-10/h4-8,11H,9H2,1-3H3,(H,14,15)/t11-/m1/s1. The van der Waals surface area contributed by atoms with Crippen molar-refractivity contribution in [1.82, 2.24) is 0 Å². The molecule has 0 aliphatic heterocycles. The van der Waals surface area contributed by atoms with Crippen molar-refractivity contribution in [3.05, 3.63) is 35.9 Å². The van der Waals surface area contributed by atoms with E-state index >= 15 is 0 Å². The van der Waals surface area contributed by atoms with E-state index in [4.69, 9.17) is 0 Å². The first kappa shape index (κ1) is 11.8. The van der Waals surface area contributed by atoms with Gasteiger partial charge < -0.3 is 5.11 Å². The minimum Gasteiger partial charge on any atom is -0.481 e. The number of carbonyl (C=O) groups is 1. The Morgan fingerprint density at radius 2 is 1.80 bits per heavy atom. The Morgan fingerprint density at radius 1 is 1.27 bits per heavy atom. The van der Waals surface area contributed by atoms with Crippen LogP contribution in [0.25, 0.3) is 0 Å². The summed E-state index contributed by atoms with van der Waals surface area (Å²) in [6.07, 6.45) is 0.659. The highest BCUT2D eigenvalue weighted by atomic mass is 16.4.